The van der Waals surface area contributed by atoms with Crippen LogP contribution in [0.25, 0.3) is 0 Å². The Morgan fingerprint density at radius 2 is 0.541 bits per heavy atom. The summed E-state index contributed by atoms with van der Waals surface area (Å²) in [4.78, 5) is 24.7. The van der Waals surface area contributed by atoms with Crippen molar-refractivity contribution in [2.24, 2.45) is 0 Å². The summed E-state index contributed by atoms with van der Waals surface area (Å²) >= 11 is 0. The summed E-state index contributed by atoms with van der Waals surface area (Å²) in [6.07, 6.45) is 94.7. The molecule has 0 radical (unpaired) electrons. The van der Waals surface area contributed by atoms with Gasteiger partial charge in [0.05, 0.1) is 25.4 Å². The van der Waals surface area contributed by atoms with Gasteiger partial charge < -0.3 is 20.3 Å². The molecule has 0 aromatic heterocycles. The number of carbonyl (C=O) groups excluding carboxylic acids is 2. The van der Waals surface area contributed by atoms with Crippen LogP contribution in [0.4, 0.5) is 0 Å². The molecule has 2 unspecified atom stereocenters. The van der Waals surface area contributed by atoms with Crippen molar-refractivity contribution in [2.75, 3.05) is 13.2 Å². The van der Waals surface area contributed by atoms with Gasteiger partial charge in [0.1, 0.15) is 0 Å². The molecule has 3 N–H and O–H groups in total. The van der Waals surface area contributed by atoms with Gasteiger partial charge in [-0.3, -0.25) is 9.59 Å². The van der Waals surface area contributed by atoms with E-state index in [9.17, 15) is 19.8 Å². The highest BCUT2D eigenvalue weighted by molar-refractivity contribution is 5.76. The van der Waals surface area contributed by atoms with Gasteiger partial charge >= 0.3 is 5.97 Å². The third-order valence-corrected chi connectivity index (χ3v) is 18.8. The lowest BCUT2D eigenvalue weighted by atomic mass is 10.0. The Balaban J connectivity index is 3.34. The van der Waals surface area contributed by atoms with E-state index in [1.54, 1.807) is 6.08 Å². The zero-order chi connectivity index (χ0) is 61.3. The molecule has 85 heavy (non-hydrogen) atoms. The second-order valence-electron chi connectivity index (χ2n) is 27.4. The highest BCUT2D eigenvalue weighted by atomic mass is 16.5. The highest BCUT2D eigenvalue weighted by Gasteiger charge is 2.18. The lowest BCUT2D eigenvalue weighted by molar-refractivity contribution is -0.143. The SMILES string of the molecule is CCCCCCCCCCCCCCCCCCCCC/C=C/C(O)C(CO)NC(=O)CCCCCCCCCCCCCCCCCCCCCCCCCCCCCCOC(=O)CCCCCCCCCCCCCCCCCCCCC. The second-order valence-corrected chi connectivity index (χ2v) is 27.4. The molecule has 0 aliphatic carbocycles. The minimum absolute atomic E-state index is 0.0246. The first kappa shape index (κ1) is 83.6. The molecule has 0 aliphatic rings. The number of aliphatic hydroxyl groups excluding tert-OH is 2. The van der Waals surface area contributed by atoms with Crippen LogP contribution in [0.2, 0.25) is 0 Å². The Morgan fingerprint density at radius 1 is 0.318 bits per heavy atom. The van der Waals surface area contributed by atoms with Crippen molar-refractivity contribution in [1.29, 1.82) is 0 Å². The summed E-state index contributed by atoms with van der Waals surface area (Å²) in [5.74, 6) is -0.0349. The number of esters is 1. The minimum atomic E-state index is -0.843. The zero-order valence-electron chi connectivity index (χ0n) is 58.1. The first-order chi connectivity index (χ1) is 42.0. The molecular formula is C79H155NO5. The monoisotopic (exact) mass is 1200 g/mol. The van der Waals surface area contributed by atoms with Crippen LogP contribution in [0.5, 0.6) is 0 Å². The van der Waals surface area contributed by atoms with Crippen LogP contribution in [0.1, 0.15) is 457 Å². The second kappa shape index (κ2) is 75.1. The van der Waals surface area contributed by atoms with Crippen molar-refractivity contribution in [3.05, 3.63) is 12.2 Å². The van der Waals surface area contributed by atoms with Gasteiger partial charge in [-0.05, 0) is 32.1 Å². The molecule has 0 fully saturated rings. The van der Waals surface area contributed by atoms with E-state index in [0.717, 1.165) is 38.5 Å². The van der Waals surface area contributed by atoms with Crippen LogP contribution in [-0.4, -0.2) is 47.4 Å². The Bertz CT molecular complexity index is 1290. The third-order valence-electron chi connectivity index (χ3n) is 18.8. The topological polar surface area (TPSA) is 95.9 Å². The fraction of sp³-hybridized carbons (Fsp3) is 0.949. The molecule has 0 aliphatic heterocycles. The largest absolute Gasteiger partial charge is 0.466 e. The summed E-state index contributed by atoms with van der Waals surface area (Å²) in [7, 11) is 0. The van der Waals surface area contributed by atoms with Gasteiger partial charge in [0.15, 0.2) is 0 Å². The molecule has 6 heteroatoms. The molecule has 0 rings (SSSR count). The molecule has 6 nitrogen and oxygen atoms in total. The predicted octanol–water partition coefficient (Wildman–Crippen LogP) is 25.9. The standard InChI is InChI=1S/C79H155NO5/c1-3-5-7-9-11-13-15-17-19-21-23-32-36-39-43-47-51-55-59-63-67-71-77(82)76(75-81)80-78(83)72-68-64-60-56-52-48-44-40-37-33-30-28-26-24-25-27-29-31-34-38-42-46-50-54-58-62-66-70-74-85-79(84)73-69-65-61-57-53-49-45-41-35-22-20-18-16-14-12-10-8-6-4-2/h67,71,76-77,81-82H,3-66,68-70,72-75H2,1-2H3,(H,80,83)/b71-67+. The summed E-state index contributed by atoms with van der Waals surface area (Å²) in [6, 6.07) is -0.626. The smallest absolute Gasteiger partial charge is 0.305 e. The number of allylic oxidation sites excluding steroid dienone is 1. The summed E-state index contributed by atoms with van der Waals surface area (Å²) in [5.41, 5.74) is 0. The molecule has 0 aromatic rings. The first-order valence-electron chi connectivity index (χ1n) is 39.5. The van der Waals surface area contributed by atoms with Crippen LogP contribution in [0.15, 0.2) is 12.2 Å². The lowest BCUT2D eigenvalue weighted by Gasteiger charge is -2.20. The van der Waals surface area contributed by atoms with Crippen LogP contribution >= 0.6 is 0 Å². The minimum Gasteiger partial charge on any atom is -0.466 e. The van der Waals surface area contributed by atoms with Crippen LogP contribution in [-0.2, 0) is 14.3 Å². The number of rotatable bonds is 75. The number of aliphatic hydroxyl groups is 2. The van der Waals surface area contributed by atoms with Gasteiger partial charge in [-0.2, -0.15) is 0 Å². The average Bonchev–Trinajstić information content (AvgIpc) is 3.51. The molecular weight excluding hydrogens is 1040 g/mol. The van der Waals surface area contributed by atoms with Crippen molar-refractivity contribution < 1.29 is 24.5 Å². The number of nitrogens with one attached hydrogen (secondary N) is 1. The maximum Gasteiger partial charge on any atom is 0.305 e. The predicted molar refractivity (Wildman–Crippen MR) is 375 cm³/mol. The summed E-state index contributed by atoms with van der Waals surface area (Å²) in [6.45, 7) is 4.97. The Labute approximate surface area is 533 Å². The normalized spacial score (nSPS) is 12.5. The van der Waals surface area contributed by atoms with E-state index in [-0.39, 0.29) is 18.5 Å². The van der Waals surface area contributed by atoms with Crippen molar-refractivity contribution in [2.45, 2.75) is 469 Å². The Hall–Kier alpha value is -1.40. The third kappa shape index (κ3) is 71.6. The molecule has 0 aromatic carbocycles. The van der Waals surface area contributed by atoms with E-state index in [4.69, 9.17) is 4.74 Å². The lowest BCUT2D eigenvalue weighted by Crippen LogP contribution is -2.45. The van der Waals surface area contributed by atoms with Gasteiger partial charge in [0.25, 0.3) is 0 Å². The highest BCUT2D eigenvalue weighted by Crippen LogP contribution is 2.20. The van der Waals surface area contributed by atoms with Gasteiger partial charge in [-0.15, -0.1) is 0 Å². The molecule has 506 valence electrons. The summed E-state index contributed by atoms with van der Waals surface area (Å²) < 4.78 is 5.52. The number of hydrogen-bond acceptors (Lipinski definition) is 5. The Kier molecular flexibility index (Phi) is 73.8. The molecule has 2 atom stereocenters. The van der Waals surface area contributed by atoms with E-state index >= 15 is 0 Å². The first-order valence-corrected chi connectivity index (χ1v) is 39.5. The number of hydrogen-bond donors (Lipinski definition) is 3. The van der Waals surface area contributed by atoms with Gasteiger partial charge in [0, 0.05) is 12.8 Å². The van der Waals surface area contributed by atoms with E-state index in [0.29, 0.717) is 19.4 Å². The van der Waals surface area contributed by atoms with Crippen molar-refractivity contribution in [3.63, 3.8) is 0 Å². The van der Waals surface area contributed by atoms with Crippen LogP contribution < -0.4 is 5.32 Å². The maximum absolute atomic E-state index is 12.5. The zero-order valence-corrected chi connectivity index (χ0v) is 58.1. The van der Waals surface area contributed by atoms with E-state index < -0.39 is 12.1 Å². The maximum atomic E-state index is 12.5. The molecule has 0 heterocycles. The summed E-state index contributed by atoms with van der Waals surface area (Å²) in [5, 5.41) is 23.3. The van der Waals surface area contributed by atoms with Crippen LogP contribution in [0.3, 0.4) is 0 Å². The van der Waals surface area contributed by atoms with E-state index in [1.165, 1.54) is 392 Å². The molecule has 0 saturated carbocycles. The van der Waals surface area contributed by atoms with E-state index in [1.807, 2.05) is 6.08 Å². The molecule has 0 saturated heterocycles. The van der Waals surface area contributed by atoms with Gasteiger partial charge in [-0.1, -0.05) is 424 Å². The van der Waals surface area contributed by atoms with Crippen molar-refractivity contribution in [1.82, 2.24) is 5.32 Å². The quantitative estimate of drug-likeness (QED) is 0.0320. The number of unbranched alkanes of at least 4 members (excludes halogenated alkanes) is 64. The van der Waals surface area contributed by atoms with Crippen molar-refractivity contribution >= 4 is 11.9 Å². The number of amides is 1. The number of carbonyl (C=O) groups is 2. The van der Waals surface area contributed by atoms with Crippen LogP contribution in [0, 0.1) is 0 Å². The van der Waals surface area contributed by atoms with E-state index in [2.05, 4.69) is 19.2 Å². The number of ether oxygens (including phenoxy) is 1. The molecule has 1 amide bonds. The van der Waals surface area contributed by atoms with Crippen molar-refractivity contribution in [3.8, 4) is 0 Å². The Morgan fingerprint density at radius 3 is 0.800 bits per heavy atom. The van der Waals surface area contributed by atoms with Gasteiger partial charge in [-0.25, -0.2) is 0 Å². The average molecular weight is 1200 g/mol. The molecule has 0 bridgehead atoms. The molecule has 0 spiro atoms. The fourth-order valence-electron chi connectivity index (χ4n) is 12.8. The fourth-order valence-corrected chi connectivity index (χ4v) is 12.8. The van der Waals surface area contributed by atoms with Gasteiger partial charge in [0.2, 0.25) is 5.91 Å².